The number of hydrogen-bond acceptors (Lipinski definition) is 5. The number of hydrogen-bond donors (Lipinski definition) is 1. The quantitative estimate of drug-likeness (QED) is 0.879. The SMILES string of the molecule is CN1CCN(CC2CCN(C(=O)Nc3nc4c(s3)CCCC4)CC2)CC1. The molecule has 1 N–H and O–H groups in total. The van der Waals surface area contributed by atoms with Crippen LogP contribution in [0.4, 0.5) is 9.93 Å². The number of piperidine rings is 1. The topological polar surface area (TPSA) is 51.7 Å². The van der Waals surface area contributed by atoms with Gasteiger partial charge in [0.05, 0.1) is 5.69 Å². The zero-order chi connectivity index (χ0) is 17.9. The fraction of sp³-hybridized carbons (Fsp3) is 0.789. The number of nitrogens with one attached hydrogen (secondary N) is 1. The van der Waals surface area contributed by atoms with E-state index >= 15 is 0 Å². The van der Waals surface area contributed by atoms with Crippen LogP contribution in [0.3, 0.4) is 0 Å². The molecule has 6 nitrogen and oxygen atoms in total. The van der Waals surface area contributed by atoms with E-state index < -0.39 is 0 Å². The molecule has 0 saturated carbocycles. The summed E-state index contributed by atoms with van der Waals surface area (Å²) in [6.07, 6.45) is 6.91. The van der Waals surface area contributed by atoms with E-state index in [1.54, 1.807) is 11.3 Å². The van der Waals surface area contributed by atoms with Crippen molar-refractivity contribution >= 4 is 22.5 Å². The highest BCUT2D eigenvalue weighted by Gasteiger charge is 2.26. The number of urea groups is 1. The number of piperazine rings is 1. The Morgan fingerprint density at radius 3 is 2.58 bits per heavy atom. The molecule has 2 aliphatic heterocycles. The van der Waals surface area contributed by atoms with Gasteiger partial charge in [0, 0.05) is 50.7 Å². The van der Waals surface area contributed by atoms with Crippen molar-refractivity contribution in [2.45, 2.75) is 38.5 Å². The first-order valence-electron chi connectivity index (χ1n) is 10.1. The van der Waals surface area contributed by atoms with Gasteiger partial charge in [0.2, 0.25) is 0 Å². The lowest BCUT2D eigenvalue weighted by atomic mass is 9.96. The van der Waals surface area contributed by atoms with Gasteiger partial charge in [0.25, 0.3) is 0 Å². The van der Waals surface area contributed by atoms with Crippen molar-refractivity contribution in [3.8, 4) is 0 Å². The van der Waals surface area contributed by atoms with Crippen LogP contribution < -0.4 is 5.32 Å². The molecule has 0 radical (unpaired) electrons. The minimum Gasteiger partial charge on any atom is -0.324 e. The van der Waals surface area contributed by atoms with Crippen LogP contribution in [-0.4, -0.2) is 78.6 Å². The van der Waals surface area contributed by atoms with Gasteiger partial charge in [0.1, 0.15) is 0 Å². The van der Waals surface area contributed by atoms with Crippen molar-refractivity contribution in [2.75, 3.05) is 58.2 Å². The van der Waals surface area contributed by atoms with E-state index in [4.69, 9.17) is 0 Å². The molecule has 1 aromatic heterocycles. The summed E-state index contributed by atoms with van der Waals surface area (Å²) >= 11 is 1.67. The standard InChI is InChI=1S/C19H31N5OS/c1-22-10-12-23(13-11-22)14-15-6-8-24(9-7-15)19(25)21-18-20-16-4-2-3-5-17(16)26-18/h15H,2-14H2,1H3,(H,20,21,25). The number of carbonyl (C=O) groups is 1. The van der Waals surface area contributed by atoms with Crippen LogP contribution >= 0.6 is 11.3 Å². The molecular weight excluding hydrogens is 346 g/mol. The van der Waals surface area contributed by atoms with Gasteiger partial charge in [0.15, 0.2) is 5.13 Å². The number of likely N-dealkylation sites (tertiary alicyclic amines) is 1. The van der Waals surface area contributed by atoms with Crippen molar-refractivity contribution < 1.29 is 4.79 Å². The van der Waals surface area contributed by atoms with Gasteiger partial charge in [-0.2, -0.15) is 0 Å². The van der Waals surface area contributed by atoms with Gasteiger partial charge < -0.3 is 14.7 Å². The number of nitrogens with zero attached hydrogens (tertiary/aromatic N) is 4. The Balaban J connectivity index is 1.22. The van der Waals surface area contributed by atoms with Crippen LogP contribution in [0.25, 0.3) is 0 Å². The molecule has 0 unspecified atom stereocenters. The third kappa shape index (κ3) is 4.38. The van der Waals surface area contributed by atoms with Gasteiger partial charge in [-0.05, 0) is 51.5 Å². The van der Waals surface area contributed by atoms with Crippen molar-refractivity contribution in [1.29, 1.82) is 0 Å². The molecule has 4 rings (SSSR count). The third-order valence-corrected chi connectivity index (χ3v) is 7.15. The van der Waals surface area contributed by atoms with Crippen LogP contribution in [0.2, 0.25) is 0 Å². The zero-order valence-electron chi connectivity index (χ0n) is 15.9. The van der Waals surface area contributed by atoms with Crippen molar-refractivity contribution in [3.05, 3.63) is 10.6 Å². The van der Waals surface area contributed by atoms with E-state index in [2.05, 4.69) is 27.1 Å². The van der Waals surface area contributed by atoms with Gasteiger partial charge in [-0.15, -0.1) is 11.3 Å². The Morgan fingerprint density at radius 1 is 1.12 bits per heavy atom. The molecule has 0 spiro atoms. The molecule has 2 fully saturated rings. The van der Waals surface area contributed by atoms with Crippen molar-refractivity contribution in [3.63, 3.8) is 0 Å². The lowest BCUT2D eigenvalue weighted by Gasteiger charge is -2.37. The highest BCUT2D eigenvalue weighted by Crippen LogP contribution is 2.30. The highest BCUT2D eigenvalue weighted by molar-refractivity contribution is 7.15. The second-order valence-electron chi connectivity index (χ2n) is 8.06. The maximum atomic E-state index is 12.6. The molecule has 0 bridgehead atoms. The molecule has 144 valence electrons. The lowest BCUT2D eigenvalue weighted by Crippen LogP contribution is -2.48. The Kier molecular flexibility index (Phi) is 5.76. The summed E-state index contributed by atoms with van der Waals surface area (Å²) in [5.41, 5.74) is 1.21. The molecule has 2 amide bonds. The zero-order valence-corrected chi connectivity index (χ0v) is 16.7. The minimum absolute atomic E-state index is 0.0362. The van der Waals surface area contributed by atoms with Crippen LogP contribution in [-0.2, 0) is 12.8 Å². The molecule has 2 saturated heterocycles. The number of fused-ring (bicyclic) bond motifs is 1. The van der Waals surface area contributed by atoms with Gasteiger partial charge in [-0.3, -0.25) is 5.32 Å². The monoisotopic (exact) mass is 377 g/mol. The van der Waals surface area contributed by atoms with E-state index in [1.165, 1.54) is 56.1 Å². The second-order valence-corrected chi connectivity index (χ2v) is 9.14. The maximum absolute atomic E-state index is 12.6. The molecule has 3 aliphatic rings. The van der Waals surface area contributed by atoms with Crippen molar-refractivity contribution in [2.24, 2.45) is 5.92 Å². The minimum atomic E-state index is 0.0362. The first-order chi connectivity index (χ1) is 12.7. The number of carbonyl (C=O) groups excluding carboxylic acids is 1. The van der Waals surface area contributed by atoms with E-state index in [-0.39, 0.29) is 6.03 Å². The molecule has 1 aromatic rings. The van der Waals surface area contributed by atoms with E-state index in [9.17, 15) is 4.79 Å². The largest absolute Gasteiger partial charge is 0.324 e. The van der Waals surface area contributed by atoms with E-state index in [0.717, 1.165) is 49.8 Å². The Morgan fingerprint density at radius 2 is 1.85 bits per heavy atom. The predicted octanol–water partition coefficient (Wildman–Crippen LogP) is 2.51. The number of rotatable bonds is 3. The summed E-state index contributed by atoms with van der Waals surface area (Å²) in [4.78, 5) is 25.6. The normalized spacial score (nSPS) is 23.0. The summed E-state index contributed by atoms with van der Waals surface area (Å²) in [6, 6.07) is 0.0362. The Labute approximate surface area is 160 Å². The molecule has 3 heterocycles. The van der Waals surface area contributed by atoms with E-state index in [1.807, 2.05) is 4.90 Å². The van der Waals surface area contributed by atoms with Crippen LogP contribution in [0.1, 0.15) is 36.3 Å². The second kappa shape index (κ2) is 8.23. The fourth-order valence-corrected chi connectivity index (χ4v) is 5.33. The Bertz CT molecular complexity index is 594. The average molecular weight is 378 g/mol. The summed E-state index contributed by atoms with van der Waals surface area (Å²) in [6.45, 7) is 7.67. The highest BCUT2D eigenvalue weighted by atomic mass is 32.1. The Hall–Kier alpha value is -1.18. The van der Waals surface area contributed by atoms with Crippen LogP contribution in [0.15, 0.2) is 0 Å². The molecule has 0 atom stereocenters. The predicted molar refractivity (Wildman–Crippen MR) is 106 cm³/mol. The van der Waals surface area contributed by atoms with Gasteiger partial charge in [-0.1, -0.05) is 0 Å². The summed E-state index contributed by atoms with van der Waals surface area (Å²) in [7, 11) is 2.20. The number of anilines is 1. The maximum Gasteiger partial charge on any atom is 0.323 e. The van der Waals surface area contributed by atoms with Crippen LogP contribution in [0, 0.1) is 5.92 Å². The number of likely N-dealkylation sites (N-methyl/N-ethyl adjacent to an activating group) is 1. The number of amides is 2. The number of aromatic nitrogens is 1. The average Bonchev–Trinajstić information content (AvgIpc) is 3.06. The summed E-state index contributed by atoms with van der Waals surface area (Å²) < 4.78 is 0. The van der Waals surface area contributed by atoms with Gasteiger partial charge >= 0.3 is 6.03 Å². The molecule has 26 heavy (non-hydrogen) atoms. The van der Waals surface area contributed by atoms with Crippen molar-refractivity contribution in [1.82, 2.24) is 19.7 Å². The van der Waals surface area contributed by atoms with Crippen LogP contribution in [0.5, 0.6) is 0 Å². The smallest absolute Gasteiger partial charge is 0.323 e. The first-order valence-corrected chi connectivity index (χ1v) is 10.9. The lowest BCUT2D eigenvalue weighted by molar-refractivity contribution is 0.113. The molecule has 1 aliphatic carbocycles. The fourth-order valence-electron chi connectivity index (χ4n) is 4.29. The number of thiazole rings is 1. The van der Waals surface area contributed by atoms with Gasteiger partial charge in [-0.25, -0.2) is 9.78 Å². The molecule has 7 heteroatoms. The molecule has 0 aromatic carbocycles. The molecular formula is C19H31N5OS. The summed E-state index contributed by atoms with van der Waals surface area (Å²) in [5.74, 6) is 0.731. The first kappa shape index (κ1) is 18.2. The summed E-state index contributed by atoms with van der Waals surface area (Å²) in [5, 5.41) is 3.84. The third-order valence-electron chi connectivity index (χ3n) is 6.07. The number of aryl methyl sites for hydroxylation is 2. The van der Waals surface area contributed by atoms with E-state index in [0.29, 0.717) is 0 Å².